The number of nitrogens with zero attached hydrogens (tertiary/aromatic N) is 1. The van der Waals surface area contributed by atoms with Crippen molar-refractivity contribution in [2.75, 3.05) is 20.3 Å². The van der Waals surface area contributed by atoms with E-state index in [-0.39, 0.29) is 40.1 Å². The molecule has 0 aromatic carbocycles. The molecule has 1 rings (SSSR count). The van der Waals surface area contributed by atoms with Crippen molar-refractivity contribution in [3.63, 3.8) is 0 Å². The summed E-state index contributed by atoms with van der Waals surface area (Å²) >= 11 is 0.922. The Balaban J connectivity index is 0.00000225. The molecule has 0 bridgehead atoms. The average molecular weight is 254 g/mol. The van der Waals surface area contributed by atoms with Gasteiger partial charge in [-0.3, -0.25) is 4.79 Å². The number of ether oxygens (including phenoxy) is 1. The third-order valence-electron chi connectivity index (χ3n) is 1.57. The number of thiazole rings is 1. The van der Waals surface area contributed by atoms with Gasteiger partial charge in [0.15, 0.2) is 5.69 Å². The molecule has 0 atom stereocenters. The molecule has 0 aliphatic heterocycles. The second kappa shape index (κ2) is 7.75. The molecular weight excluding hydrogens is 243 g/mol. The number of aromatic carboxylic acids is 1. The van der Waals surface area contributed by atoms with Crippen LogP contribution in [0.25, 0.3) is 0 Å². The number of rotatable bonds is 5. The fourth-order valence-corrected chi connectivity index (χ4v) is 1.53. The van der Waals surface area contributed by atoms with Crippen molar-refractivity contribution in [2.45, 2.75) is 0 Å². The number of methoxy groups -OCH3 is 1. The molecule has 0 unspecified atom stereocenters. The van der Waals surface area contributed by atoms with E-state index >= 15 is 0 Å². The molecule has 0 radical (unpaired) electrons. The molecule has 0 saturated heterocycles. The molecule has 0 spiro atoms. The minimum absolute atomic E-state index is 0. The van der Waals surface area contributed by atoms with Gasteiger partial charge < -0.3 is 15.2 Å². The normalized spacial score (nSPS) is 9.31. The maximum atomic E-state index is 11.4. The van der Waals surface area contributed by atoms with Gasteiger partial charge in [0.1, 0.15) is 4.88 Å². The van der Waals surface area contributed by atoms with Gasteiger partial charge in [-0.05, 0) is 0 Å². The first-order valence-electron chi connectivity index (χ1n) is 4.10. The van der Waals surface area contributed by atoms with Gasteiger partial charge in [0.25, 0.3) is 5.91 Å². The van der Waals surface area contributed by atoms with E-state index in [1.165, 1.54) is 12.6 Å². The molecular formula is C8H11N2NaO4S. The van der Waals surface area contributed by atoms with Crippen LogP contribution in [-0.2, 0) is 4.74 Å². The van der Waals surface area contributed by atoms with E-state index in [4.69, 9.17) is 9.84 Å². The van der Waals surface area contributed by atoms with Crippen LogP contribution in [0, 0.1) is 0 Å². The molecule has 6 nitrogen and oxygen atoms in total. The van der Waals surface area contributed by atoms with Crippen molar-refractivity contribution >= 4 is 52.8 Å². The van der Waals surface area contributed by atoms with Crippen LogP contribution in [0.2, 0.25) is 0 Å². The first-order chi connectivity index (χ1) is 7.16. The summed E-state index contributed by atoms with van der Waals surface area (Å²) < 4.78 is 4.74. The summed E-state index contributed by atoms with van der Waals surface area (Å²) in [5, 5.41) is 11.2. The molecule has 2 N–H and O–H groups in total. The molecule has 1 aromatic heterocycles. The molecule has 84 valence electrons. The second-order valence-electron chi connectivity index (χ2n) is 2.58. The number of hydrogen-bond donors (Lipinski definition) is 2. The first kappa shape index (κ1) is 15.5. The van der Waals surface area contributed by atoms with Gasteiger partial charge in [-0.15, -0.1) is 11.3 Å². The second-order valence-corrected chi connectivity index (χ2v) is 3.44. The Morgan fingerprint density at radius 2 is 2.31 bits per heavy atom. The quantitative estimate of drug-likeness (QED) is 0.550. The predicted octanol–water partition coefficient (Wildman–Crippen LogP) is -0.431. The molecule has 1 heterocycles. The summed E-state index contributed by atoms with van der Waals surface area (Å²) in [6.07, 6.45) is 0. The molecule has 1 aromatic rings. The zero-order valence-electron chi connectivity index (χ0n) is 8.02. The number of nitrogens with one attached hydrogen (secondary N) is 1. The Hall–Kier alpha value is -0.470. The van der Waals surface area contributed by atoms with Gasteiger partial charge >= 0.3 is 35.5 Å². The molecule has 0 fully saturated rings. The fraction of sp³-hybridized carbons (Fsp3) is 0.375. The van der Waals surface area contributed by atoms with E-state index in [1.54, 1.807) is 0 Å². The minimum atomic E-state index is -1.14. The van der Waals surface area contributed by atoms with Gasteiger partial charge in [-0.1, -0.05) is 0 Å². The van der Waals surface area contributed by atoms with Gasteiger partial charge in [0.2, 0.25) is 0 Å². The number of aromatic nitrogens is 1. The summed E-state index contributed by atoms with van der Waals surface area (Å²) in [7, 11) is 1.51. The molecule has 8 heteroatoms. The molecule has 1 amide bonds. The number of amides is 1. The summed E-state index contributed by atoms with van der Waals surface area (Å²) in [5.74, 6) is -1.64. The van der Waals surface area contributed by atoms with E-state index in [2.05, 4.69) is 10.3 Å². The summed E-state index contributed by atoms with van der Waals surface area (Å²) in [5.41, 5.74) is 1.28. The van der Waals surface area contributed by atoms with Gasteiger partial charge in [-0.25, -0.2) is 9.78 Å². The van der Waals surface area contributed by atoms with Crippen molar-refractivity contribution in [1.82, 2.24) is 10.3 Å². The molecule has 0 aliphatic rings. The number of carbonyl (C=O) groups excluding carboxylic acids is 1. The van der Waals surface area contributed by atoms with Crippen LogP contribution in [0.15, 0.2) is 5.51 Å². The van der Waals surface area contributed by atoms with Crippen LogP contribution in [-0.4, -0.2) is 71.8 Å². The topological polar surface area (TPSA) is 88.5 Å². The van der Waals surface area contributed by atoms with Gasteiger partial charge in [-0.2, -0.15) is 0 Å². The van der Waals surface area contributed by atoms with Crippen molar-refractivity contribution in [2.24, 2.45) is 0 Å². The van der Waals surface area contributed by atoms with Crippen molar-refractivity contribution < 1.29 is 19.4 Å². The van der Waals surface area contributed by atoms with Crippen LogP contribution in [0.3, 0.4) is 0 Å². The van der Waals surface area contributed by atoms with Crippen molar-refractivity contribution in [3.05, 3.63) is 16.1 Å². The number of carboxylic acid groups (broad SMARTS) is 1. The monoisotopic (exact) mass is 254 g/mol. The number of carboxylic acids is 1. The SMILES string of the molecule is COCCNC(=O)c1ncsc1C(=O)O.[NaH]. The number of carbonyl (C=O) groups is 2. The Kier molecular flexibility index (Phi) is 7.52. The molecule has 16 heavy (non-hydrogen) atoms. The zero-order chi connectivity index (χ0) is 11.3. The van der Waals surface area contributed by atoms with E-state index in [0.29, 0.717) is 13.2 Å². The average Bonchev–Trinajstić information content (AvgIpc) is 2.66. The van der Waals surface area contributed by atoms with Crippen LogP contribution in [0.4, 0.5) is 0 Å². The first-order valence-corrected chi connectivity index (χ1v) is 4.98. The summed E-state index contributed by atoms with van der Waals surface area (Å²) in [6, 6.07) is 0. The van der Waals surface area contributed by atoms with E-state index < -0.39 is 11.9 Å². The molecule has 0 saturated carbocycles. The number of hydrogen-bond acceptors (Lipinski definition) is 5. The Bertz CT molecular complexity index is 369. The van der Waals surface area contributed by atoms with Crippen molar-refractivity contribution in [3.8, 4) is 0 Å². The Morgan fingerprint density at radius 1 is 1.62 bits per heavy atom. The summed E-state index contributed by atoms with van der Waals surface area (Å²) in [6.45, 7) is 0.699. The fourth-order valence-electron chi connectivity index (χ4n) is 0.910. The van der Waals surface area contributed by atoms with Crippen LogP contribution in [0.1, 0.15) is 20.2 Å². The van der Waals surface area contributed by atoms with Crippen LogP contribution >= 0.6 is 11.3 Å². The predicted molar refractivity (Wildman–Crippen MR) is 60.4 cm³/mol. The third-order valence-corrected chi connectivity index (χ3v) is 2.38. The molecule has 0 aliphatic carbocycles. The Labute approximate surface area is 118 Å². The third kappa shape index (κ3) is 4.18. The van der Waals surface area contributed by atoms with Crippen molar-refractivity contribution in [1.29, 1.82) is 0 Å². The van der Waals surface area contributed by atoms with E-state index in [0.717, 1.165) is 11.3 Å². The van der Waals surface area contributed by atoms with Crippen LogP contribution < -0.4 is 5.32 Å². The van der Waals surface area contributed by atoms with Crippen LogP contribution in [0.5, 0.6) is 0 Å². The Morgan fingerprint density at radius 3 is 2.88 bits per heavy atom. The van der Waals surface area contributed by atoms with Gasteiger partial charge in [0.05, 0.1) is 12.1 Å². The maximum absolute atomic E-state index is 11.4. The van der Waals surface area contributed by atoms with E-state index in [1.807, 2.05) is 0 Å². The summed E-state index contributed by atoms with van der Waals surface area (Å²) in [4.78, 5) is 25.8. The standard InChI is InChI=1S/C8H10N2O4S.Na.H/c1-14-3-2-9-7(11)5-6(8(12)13)15-4-10-5;;/h4H,2-3H2,1H3,(H,9,11)(H,12,13);;. The van der Waals surface area contributed by atoms with Gasteiger partial charge in [0, 0.05) is 13.7 Å². The van der Waals surface area contributed by atoms with E-state index in [9.17, 15) is 9.59 Å². The zero-order valence-corrected chi connectivity index (χ0v) is 8.84.